The first kappa shape index (κ1) is 14.2. The predicted molar refractivity (Wildman–Crippen MR) is 69.6 cm³/mol. The van der Waals surface area contributed by atoms with E-state index in [2.05, 4.69) is 20.7 Å². The maximum Gasteiger partial charge on any atom is 0.311 e. The molecule has 3 nitrogen and oxygen atoms in total. The quantitative estimate of drug-likeness (QED) is 0.870. The number of esters is 1. The van der Waals surface area contributed by atoms with Crippen LogP contribution in [0.15, 0.2) is 22.7 Å². The van der Waals surface area contributed by atoms with Crippen LogP contribution in [-0.2, 0) is 9.53 Å². The van der Waals surface area contributed by atoms with Crippen molar-refractivity contribution in [2.45, 2.75) is 26.4 Å². The molecule has 1 aromatic carbocycles. The van der Waals surface area contributed by atoms with Crippen molar-refractivity contribution in [2.24, 2.45) is 5.92 Å². The molecule has 0 fully saturated rings. The lowest BCUT2D eigenvalue weighted by Crippen LogP contribution is -2.23. The average molecular weight is 301 g/mol. The highest BCUT2D eigenvalue weighted by Gasteiger charge is 2.27. The van der Waals surface area contributed by atoms with Crippen molar-refractivity contribution >= 4 is 21.9 Å². The first-order valence-electron chi connectivity index (χ1n) is 5.53. The minimum Gasteiger partial charge on any atom is -0.469 e. The Bertz CT molecular complexity index is 404. The molecule has 0 aromatic heterocycles. The number of rotatable bonds is 4. The van der Waals surface area contributed by atoms with Crippen molar-refractivity contribution < 1.29 is 14.6 Å². The molecule has 94 valence electrons. The standard InChI is InChI=1S/C13H17BrO3/c1-4-10(13(16)17-3)12(15)9-6-5-8(2)11(14)7-9/h5-7,10,12,15H,4H2,1-3H3. The molecule has 0 spiro atoms. The fourth-order valence-electron chi connectivity index (χ4n) is 1.70. The number of methoxy groups -OCH3 is 1. The Morgan fingerprint density at radius 3 is 2.65 bits per heavy atom. The molecule has 0 aliphatic rings. The number of aliphatic hydroxyl groups is 1. The van der Waals surface area contributed by atoms with E-state index in [1.54, 1.807) is 0 Å². The van der Waals surface area contributed by atoms with E-state index in [0.717, 1.165) is 15.6 Å². The minimum absolute atomic E-state index is 0.378. The van der Waals surface area contributed by atoms with Crippen LogP contribution in [0.4, 0.5) is 0 Å². The number of hydrogen-bond acceptors (Lipinski definition) is 3. The number of hydrogen-bond donors (Lipinski definition) is 1. The van der Waals surface area contributed by atoms with Crippen molar-refractivity contribution in [3.63, 3.8) is 0 Å². The van der Waals surface area contributed by atoms with E-state index in [0.29, 0.717) is 6.42 Å². The molecule has 17 heavy (non-hydrogen) atoms. The van der Waals surface area contributed by atoms with Crippen LogP contribution in [0.1, 0.15) is 30.6 Å². The molecular weight excluding hydrogens is 284 g/mol. The molecule has 2 atom stereocenters. The number of carbonyl (C=O) groups is 1. The summed E-state index contributed by atoms with van der Waals surface area (Å²) in [5.74, 6) is -0.897. The van der Waals surface area contributed by atoms with Crippen LogP contribution in [-0.4, -0.2) is 18.2 Å². The predicted octanol–water partition coefficient (Wildman–Crippen LogP) is 2.99. The summed E-state index contributed by atoms with van der Waals surface area (Å²) in [5.41, 5.74) is 1.81. The highest BCUT2D eigenvalue weighted by molar-refractivity contribution is 9.10. The molecule has 1 rings (SSSR count). The Kier molecular flexibility index (Phi) is 5.15. The second-order valence-electron chi connectivity index (χ2n) is 3.99. The number of aliphatic hydroxyl groups excluding tert-OH is 1. The molecule has 0 aliphatic heterocycles. The van der Waals surface area contributed by atoms with Crippen LogP contribution in [0, 0.1) is 12.8 Å². The second-order valence-corrected chi connectivity index (χ2v) is 4.85. The van der Waals surface area contributed by atoms with Crippen LogP contribution in [0.3, 0.4) is 0 Å². The molecule has 0 saturated heterocycles. The maximum absolute atomic E-state index is 11.5. The van der Waals surface area contributed by atoms with Gasteiger partial charge in [-0.2, -0.15) is 0 Å². The van der Waals surface area contributed by atoms with Crippen LogP contribution in [0.2, 0.25) is 0 Å². The van der Waals surface area contributed by atoms with Gasteiger partial charge in [-0.25, -0.2) is 0 Å². The van der Waals surface area contributed by atoms with Crippen molar-refractivity contribution in [2.75, 3.05) is 7.11 Å². The zero-order valence-corrected chi connectivity index (χ0v) is 11.8. The Morgan fingerprint density at radius 2 is 2.18 bits per heavy atom. The van der Waals surface area contributed by atoms with Gasteiger partial charge in [0.05, 0.1) is 19.1 Å². The lowest BCUT2D eigenvalue weighted by atomic mass is 9.93. The smallest absolute Gasteiger partial charge is 0.311 e. The van der Waals surface area contributed by atoms with Gasteiger partial charge in [0.2, 0.25) is 0 Å². The molecule has 0 amide bonds. The Labute approximate surface area is 110 Å². The monoisotopic (exact) mass is 300 g/mol. The molecule has 1 N–H and O–H groups in total. The van der Waals surface area contributed by atoms with Crippen molar-refractivity contribution in [3.05, 3.63) is 33.8 Å². The first-order chi connectivity index (χ1) is 8.01. The Morgan fingerprint density at radius 1 is 1.53 bits per heavy atom. The summed E-state index contributed by atoms with van der Waals surface area (Å²) in [7, 11) is 1.34. The summed E-state index contributed by atoms with van der Waals surface area (Å²) < 4.78 is 5.61. The normalized spacial score (nSPS) is 14.2. The lowest BCUT2D eigenvalue weighted by Gasteiger charge is -2.20. The van der Waals surface area contributed by atoms with Crippen LogP contribution in [0.5, 0.6) is 0 Å². The summed E-state index contributed by atoms with van der Waals surface area (Å²) in [6.45, 7) is 3.83. The van der Waals surface area contributed by atoms with Crippen molar-refractivity contribution in [1.29, 1.82) is 0 Å². The van der Waals surface area contributed by atoms with E-state index in [4.69, 9.17) is 0 Å². The third kappa shape index (κ3) is 3.30. The maximum atomic E-state index is 11.5. The number of aryl methyl sites for hydroxylation is 1. The van der Waals surface area contributed by atoms with E-state index >= 15 is 0 Å². The molecule has 0 heterocycles. The van der Waals surface area contributed by atoms with Gasteiger partial charge in [-0.1, -0.05) is 35.0 Å². The summed E-state index contributed by atoms with van der Waals surface area (Å²) in [5, 5.41) is 10.2. The second kappa shape index (κ2) is 6.17. The average Bonchev–Trinajstić information content (AvgIpc) is 2.33. The minimum atomic E-state index is -0.829. The number of benzene rings is 1. The summed E-state index contributed by atoms with van der Waals surface area (Å²) in [6, 6.07) is 5.58. The third-order valence-electron chi connectivity index (χ3n) is 2.86. The summed E-state index contributed by atoms with van der Waals surface area (Å²) in [6.07, 6.45) is -0.288. The van der Waals surface area contributed by atoms with Gasteiger partial charge in [-0.05, 0) is 30.5 Å². The van der Waals surface area contributed by atoms with Crippen molar-refractivity contribution in [3.8, 4) is 0 Å². The third-order valence-corrected chi connectivity index (χ3v) is 3.72. The molecule has 0 radical (unpaired) electrons. The van der Waals surface area contributed by atoms with E-state index in [1.807, 2.05) is 32.0 Å². The van der Waals surface area contributed by atoms with Crippen LogP contribution >= 0.6 is 15.9 Å². The molecule has 0 bridgehead atoms. The Hall–Kier alpha value is -0.870. The fraction of sp³-hybridized carbons (Fsp3) is 0.462. The van der Waals surface area contributed by atoms with E-state index in [-0.39, 0.29) is 5.97 Å². The van der Waals surface area contributed by atoms with Gasteiger partial charge in [-0.3, -0.25) is 4.79 Å². The largest absolute Gasteiger partial charge is 0.469 e. The van der Waals surface area contributed by atoms with E-state index in [9.17, 15) is 9.90 Å². The molecule has 0 aliphatic carbocycles. The zero-order valence-electron chi connectivity index (χ0n) is 10.2. The van der Waals surface area contributed by atoms with Gasteiger partial charge in [0.15, 0.2) is 0 Å². The molecule has 2 unspecified atom stereocenters. The lowest BCUT2D eigenvalue weighted by molar-refractivity contribution is -0.149. The molecule has 1 aromatic rings. The van der Waals surface area contributed by atoms with Gasteiger partial charge < -0.3 is 9.84 Å². The molecule has 4 heteroatoms. The summed E-state index contributed by atoms with van der Waals surface area (Å²) >= 11 is 3.41. The van der Waals surface area contributed by atoms with E-state index < -0.39 is 12.0 Å². The highest BCUT2D eigenvalue weighted by Crippen LogP contribution is 2.28. The number of ether oxygens (including phenoxy) is 1. The summed E-state index contributed by atoms with van der Waals surface area (Å²) in [4.78, 5) is 11.5. The van der Waals surface area contributed by atoms with Crippen LogP contribution in [0.25, 0.3) is 0 Å². The van der Waals surface area contributed by atoms with Crippen LogP contribution < -0.4 is 0 Å². The van der Waals surface area contributed by atoms with Gasteiger partial charge in [-0.15, -0.1) is 0 Å². The van der Waals surface area contributed by atoms with Gasteiger partial charge in [0, 0.05) is 4.47 Å². The number of carbonyl (C=O) groups excluding carboxylic acids is 1. The topological polar surface area (TPSA) is 46.5 Å². The fourth-order valence-corrected chi connectivity index (χ4v) is 2.09. The SMILES string of the molecule is CCC(C(=O)OC)C(O)c1ccc(C)c(Br)c1. The Balaban J connectivity index is 2.97. The molecule has 0 saturated carbocycles. The highest BCUT2D eigenvalue weighted by atomic mass is 79.9. The van der Waals surface area contributed by atoms with Gasteiger partial charge in [0.1, 0.15) is 0 Å². The van der Waals surface area contributed by atoms with Gasteiger partial charge >= 0.3 is 5.97 Å². The number of halogens is 1. The molecular formula is C13H17BrO3. The zero-order chi connectivity index (χ0) is 13.0. The van der Waals surface area contributed by atoms with Gasteiger partial charge in [0.25, 0.3) is 0 Å². The van der Waals surface area contributed by atoms with Crippen molar-refractivity contribution in [1.82, 2.24) is 0 Å². The van der Waals surface area contributed by atoms with E-state index in [1.165, 1.54) is 7.11 Å². The first-order valence-corrected chi connectivity index (χ1v) is 6.32.